The molecule has 0 amide bonds. The highest BCUT2D eigenvalue weighted by atomic mass is 32.2. The fraction of sp³-hybridized carbons (Fsp3) is 0.417. The molecule has 2 rings (SSSR count). The molecule has 0 aliphatic carbocycles. The van der Waals surface area contributed by atoms with Gasteiger partial charge in [-0.3, -0.25) is 4.99 Å². The van der Waals surface area contributed by atoms with E-state index in [0.29, 0.717) is 5.25 Å². The molecular formula is C12H16N2S. The van der Waals surface area contributed by atoms with Gasteiger partial charge in [0, 0.05) is 18.8 Å². The molecule has 1 heterocycles. The van der Waals surface area contributed by atoms with Gasteiger partial charge in [0.15, 0.2) is 5.17 Å². The molecule has 0 radical (unpaired) electrons. The Labute approximate surface area is 95.4 Å². The van der Waals surface area contributed by atoms with Gasteiger partial charge in [0.05, 0.1) is 6.54 Å². The van der Waals surface area contributed by atoms with Crippen molar-refractivity contribution in [3.05, 3.63) is 35.9 Å². The number of hydrogen-bond donors (Lipinski definition) is 0. The van der Waals surface area contributed by atoms with E-state index in [9.17, 15) is 0 Å². The van der Waals surface area contributed by atoms with Crippen molar-refractivity contribution in [3.8, 4) is 0 Å². The Bertz CT molecular complexity index is 348. The molecule has 0 aromatic heterocycles. The van der Waals surface area contributed by atoms with Crippen molar-refractivity contribution < 1.29 is 0 Å². The third-order valence-electron chi connectivity index (χ3n) is 2.38. The number of aliphatic imine (C=N–C) groups is 1. The highest BCUT2D eigenvalue weighted by Crippen LogP contribution is 2.22. The molecule has 3 heteroatoms. The van der Waals surface area contributed by atoms with Crippen molar-refractivity contribution in [3.63, 3.8) is 0 Å². The monoisotopic (exact) mass is 220 g/mol. The van der Waals surface area contributed by atoms with E-state index < -0.39 is 0 Å². The number of rotatable bonds is 2. The van der Waals surface area contributed by atoms with Crippen LogP contribution in [0.4, 0.5) is 0 Å². The molecule has 2 nitrogen and oxygen atoms in total. The standard InChI is InChI=1S/C12H16N2S/c1-10-8-13-12(15-10)14(2)9-11-6-4-3-5-7-11/h3-7,10H,8-9H2,1-2H3. The average molecular weight is 220 g/mol. The largest absolute Gasteiger partial charge is 0.350 e. The maximum absolute atomic E-state index is 4.52. The number of nitrogens with zero attached hydrogens (tertiary/aromatic N) is 2. The molecule has 0 fully saturated rings. The zero-order chi connectivity index (χ0) is 10.7. The predicted octanol–water partition coefficient (Wildman–Crippen LogP) is 2.61. The summed E-state index contributed by atoms with van der Waals surface area (Å²) in [6, 6.07) is 10.5. The van der Waals surface area contributed by atoms with Crippen LogP contribution in [-0.2, 0) is 6.54 Å². The van der Waals surface area contributed by atoms with Gasteiger partial charge in [-0.15, -0.1) is 0 Å². The van der Waals surface area contributed by atoms with Crippen LogP contribution in [0.5, 0.6) is 0 Å². The molecule has 15 heavy (non-hydrogen) atoms. The molecule has 1 aliphatic rings. The van der Waals surface area contributed by atoms with Crippen molar-refractivity contribution in [2.45, 2.75) is 18.7 Å². The van der Waals surface area contributed by atoms with Crippen LogP contribution in [0.2, 0.25) is 0 Å². The fourth-order valence-electron chi connectivity index (χ4n) is 1.60. The van der Waals surface area contributed by atoms with Gasteiger partial charge >= 0.3 is 0 Å². The van der Waals surface area contributed by atoms with Gasteiger partial charge in [0.25, 0.3) is 0 Å². The number of hydrogen-bond acceptors (Lipinski definition) is 3. The van der Waals surface area contributed by atoms with Gasteiger partial charge in [-0.25, -0.2) is 0 Å². The van der Waals surface area contributed by atoms with Crippen molar-refractivity contribution >= 4 is 16.9 Å². The van der Waals surface area contributed by atoms with Crippen LogP contribution in [0.15, 0.2) is 35.3 Å². The average Bonchev–Trinajstić information content (AvgIpc) is 2.66. The van der Waals surface area contributed by atoms with Crippen molar-refractivity contribution in [2.75, 3.05) is 13.6 Å². The summed E-state index contributed by atoms with van der Waals surface area (Å²) in [5.41, 5.74) is 1.34. The Balaban J connectivity index is 1.96. The lowest BCUT2D eigenvalue weighted by Crippen LogP contribution is -2.22. The highest BCUT2D eigenvalue weighted by molar-refractivity contribution is 8.14. The van der Waals surface area contributed by atoms with E-state index in [1.54, 1.807) is 0 Å². The van der Waals surface area contributed by atoms with Gasteiger partial charge in [0.1, 0.15) is 0 Å². The van der Waals surface area contributed by atoms with Crippen LogP contribution in [0.1, 0.15) is 12.5 Å². The Hall–Kier alpha value is -0.960. The van der Waals surface area contributed by atoms with Crippen LogP contribution in [0.3, 0.4) is 0 Å². The fourth-order valence-corrected chi connectivity index (χ4v) is 2.50. The molecule has 80 valence electrons. The Morgan fingerprint density at radius 2 is 2.13 bits per heavy atom. The summed E-state index contributed by atoms with van der Waals surface area (Å²) in [4.78, 5) is 6.74. The third kappa shape index (κ3) is 2.75. The summed E-state index contributed by atoms with van der Waals surface area (Å²) in [6.07, 6.45) is 0. The number of thioether (sulfide) groups is 1. The lowest BCUT2D eigenvalue weighted by atomic mass is 10.2. The Kier molecular flexibility index (Phi) is 3.31. The highest BCUT2D eigenvalue weighted by Gasteiger charge is 2.18. The Morgan fingerprint density at radius 3 is 2.73 bits per heavy atom. The topological polar surface area (TPSA) is 15.6 Å². The minimum Gasteiger partial charge on any atom is -0.350 e. The summed E-state index contributed by atoms with van der Waals surface area (Å²) in [6.45, 7) is 4.12. The summed E-state index contributed by atoms with van der Waals surface area (Å²) >= 11 is 1.87. The lowest BCUT2D eigenvalue weighted by Gasteiger charge is -2.18. The molecule has 0 bridgehead atoms. The summed E-state index contributed by atoms with van der Waals surface area (Å²) in [5.74, 6) is 0. The minimum absolute atomic E-state index is 0.637. The predicted molar refractivity (Wildman–Crippen MR) is 67.3 cm³/mol. The first-order valence-corrected chi connectivity index (χ1v) is 6.10. The smallest absolute Gasteiger partial charge is 0.159 e. The van der Waals surface area contributed by atoms with Gasteiger partial charge in [-0.1, -0.05) is 49.0 Å². The quantitative estimate of drug-likeness (QED) is 0.761. The van der Waals surface area contributed by atoms with E-state index in [-0.39, 0.29) is 0 Å². The molecule has 1 aliphatic heterocycles. The van der Waals surface area contributed by atoms with E-state index in [0.717, 1.165) is 13.1 Å². The van der Waals surface area contributed by atoms with E-state index in [1.165, 1.54) is 10.7 Å². The zero-order valence-corrected chi connectivity index (χ0v) is 10.00. The molecule has 0 saturated heterocycles. The first kappa shape index (κ1) is 10.6. The normalized spacial score (nSPS) is 20.1. The maximum atomic E-state index is 4.52. The van der Waals surface area contributed by atoms with Crippen LogP contribution >= 0.6 is 11.8 Å². The van der Waals surface area contributed by atoms with Gasteiger partial charge in [-0.05, 0) is 5.56 Å². The van der Waals surface area contributed by atoms with Crippen LogP contribution in [0.25, 0.3) is 0 Å². The number of benzene rings is 1. The Morgan fingerprint density at radius 1 is 1.40 bits per heavy atom. The summed E-state index contributed by atoms with van der Waals surface area (Å²) < 4.78 is 0. The second kappa shape index (κ2) is 4.71. The van der Waals surface area contributed by atoms with Crippen LogP contribution in [0, 0.1) is 0 Å². The second-order valence-electron chi connectivity index (χ2n) is 3.89. The van der Waals surface area contributed by atoms with E-state index >= 15 is 0 Å². The van der Waals surface area contributed by atoms with Gasteiger partial charge < -0.3 is 4.90 Å². The molecular weight excluding hydrogens is 204 g/mol. The molecule has 1 aromatic rings. The molecule has 0 saturated carbocycles. The lowest BCUT2D eigenvalue weighted by molar-refractivity contribution is 0.510. The van der Waals surface area contributed by atoms with Gasteiger partial charge in [0.2, 0.25) is 0 Å². The first-order chi connectivity index (χ1) is 7.25. The van der Waals surface area contributed by atoms with Gasteiger partial charge in [-0.2, -0.15) is 0 Å². The molecule has 1 aromatic carbocycles. The molecule has 0 N–H and O–H groups in total. The van der Waals surface area contributed by atoms with E-state index in [4.69, 9.17) is 0 Å². The van der Waals surface area contributed by atoms with Crippen LogP contribution in [-0.4, -0.2) is 28.9 Å². The maximum Gasteiger partial charge on any atom is 0.159 e. The van der Waals surface area contributed by atoms with Crippen molar-refractivity contribution in [1.29, 1.82) is 0 Å². The van der Waals surface area contributed by atoms with Crippen molar-refractivity contribution in [2.24, 2.45) is 4.99 Å². The molecule has 1 unspecified atom stereocenters. The van der Waals surface area contributed by atoms with Crippen molar-refractivity contribution in [1.82, 2.24) is 4.90 Å². The van der Waals surface area contributed by atoms with E-state index in [1.807, 2.05) is 17.8 Å². The molecule has 0 spiro atoms. The van der Waals surface area contributed by atoms with E-state index in [2.05, 4.69) is 48.1 Å². The second-order valence-corrected chi connectivity index (χ2v) is 5.30. The summed E-state index contributed by atoms with van der Waals surface area (Å²) in [5, 5.41) is 1.81. The molecule has 1 atom stereocenters. The number of amidine groups is 1. The zero-order valence-electron chi connectivity index (χ0n) is 9.18. The SMILES string of the molecule is CC1CN=C(N(C)Cc2ccccc2)S1. The summed E-state index contributed by atoms with van der Waals surface area (Å²) in [7, 11) is 2.11. The van der Waals surface area contributed by atoms with Crippen LogP contribution < -0.4 is 0 Å². The first-order valence-electron chi connectivity index (χ1n) is 5.22. The third-order valence-corrected chi connectivity index (χ3v) is 3.58. The minimum atomic E-state index is 0.637.